The predicted molar refractivity (Wildman–Crippen MR) is 115 cm³/mol. The number of amides is 1. The molecule has 0 aliphatic rings. The SMILES string of the molecule is CSc1ccc(S(=O)(=O)N(C)CC(=O)NC(C)c2cc(C)c(C)cc2C)cc1. The van der Waals surface area contributed by atoms with Crippen molar-refractivity contribution in [2.45, 2.75) is 43.5 Å². The van der Waals surface area contributed by atoms with Crippen LogP contribution in [0.25, 0.3) is 0 Å². The predicted octanol–water partition coefficient (Wildman–Crippen LogP) is 3.83. The number of thioether (sulfide) groups is 1. The number of hydrogen-bond donors (Lipinski definition) is 1. The third kappa shape index (κ3) is 5.16. The molecule has 1 N–H and O–H groups in total. The molecule has 1 amide bonds. The first-order valence-electron chi connectivity index (χ1n) is 9.03. The summed E-state index contributed by atoms with van der Waals surface area (Å²) in [5.41, 5.74) is 4.51. The van der Waals surface area contributed by atoms with Gasteiger partial charge in [0, 0.05) is 11.9 Å². The molecule has 0 saturated heterocycles. The Balaban J connectivity index is 2.08. The van der Waals surface area contributed by atoms with E-state index < -0.39 is 10.0 Å². The lowest BCUT2D eigenvalue weighted by Crippen LogP contribution is -2.39. The van der Waals surface area contributed by atoms with Crippen molar-refractivity contribution in [2.75, 3.05) is 19.8 Å². The van der Waals surface area contributed by atoms with Crippen molar-refractivity contribution >= 4 is 27.7 Å². The summed E-state index contributed by atoms with van der Waals surface area (Å²) in [6.07, 6.45) is 1.93. The van der Waals surface area contributed by atoms with Gasteiger partial charge in [-0.1, -0.05) is 12.1 Å². The number of rotatable bonds is 7. The van der Waals surface area contributed by atoms with Crippen molar-refractivity contribution in [1.82, 2.24) is 9.62 Å². The fourth-order valence-corrected chi connectivity index (χ4v) is 4.56. The Kier molecular flexibility index (Phi) is 7.31. The minimum atomic E-state index is -3.72. The van der Waals surface area contributed by atoms with E-state index in [4.69, 9.17) is 0 Å². The summed E-state index contributed by atoms with van der Waals surface area (Å²) in [5, 5.41) is 2.91. The standard InChI is InChI=1S/C21H28N2O3S2/c1-14-11-16(3)20(12-15(14)2)17(4)22-21(24)13-23(5)28(25,26)19-9-7-18(27-6)8-10-19/h7-12,17H,13H2,1-6H3,(H,22,24). The quantitative estimate of drug-likeness (QED) is 0.692. The molecule has 0 spiro atoms. The molecule has 7 heteroatoms. The van der Waals surface area contributed by atoms with Gasteiger partial charge in [0.1, 0.15) is 0 Å². The molecule has 0 aromatic heterocycles. The molecule has 0 heterocycles. The molecule has 0 fully saturated rings. The summed E-state index contributed by atoms with van der Waals surface area (Å²) in [7, 11) is -2.30. The van der Waals surface area contributed by atoms with Crippen molar-refractivity contribution in [1.29, 1.82) is 0 Å². The molecular weight excluding hydrogens is 392 g/mol. The number of nitrogens with zero attached hydrogens (tertiary/aromatic N) is 1. The van der Waals surface area contributed by atoms with E-state index in [1.807, 2.05) is 27.0 Å². The van der Waals surface area contributed by atoms with Crippen molar-refractivity contribution in [3.05, 3.63) is 58.7 Å². The van der Waals surface area contributed by atoms with E-state index in [9.17, 15) is 13.2 Å². The van der Waals surface area contributed by atoms with Crippen LogP contribution in [0.5, 0.6) is 0 Å². The number of sulfonamides is 1. The van der Waals surface area contributed by atoms with E-state index in [1.54, 1.807) is 36.0 Å². The fraction of sp³-hybridized carbons (Fsp3) is 0.381. The highest BCUT2D eigenvalue weighted by molar-refractivity contribution is 7.98. The first-order valence-corrected chi connectivity index (χ1v) is 11.7. The Morgan fingerprint density at radius 1 is 1.07 bits per heavy atom. The first-order chi connectivity index (χ1) is 13.1. The maximum atomic E-state index is 12.7. The number of likely N-dealkylation sites (N-methyl/N-ethyl adjacent to an activating group) is 1. The second-order valence-electron chi connectivity index (χ2n) is 7.02. The Morgan fingerprint density at radius 2 is 1.64 bits per heavy atom. The zero-order valence-electron chi connectivity index (χ0n) is 17.2. The van der Waals surface area contributed by atoms with E-state index in [0.29, 0.717) is 0 Å². The molecule has 1 unspecified atom stereocenters. The third-order valence-corrected chi connectivity index (χ3v) is 7.42. The van der Waals surface area contributed by atoms with Crippen LogP contribution >= 0.6 is 11.8 Å². The molecular formula is C21H28N2O3S2. The molecule has 0 saturated carbocycles. The minimum Gasteiger partial charge on any atom is -0.348 e. The van der Waals surface area contributed by atoms with Gasteiger partial charge in [-0.15, -0.1) is 11.8 Å². The number of carbonyl (C=O) groups is 1. The van der Waals surface area contributed by atoms with Gasteiger partial charge in [-0.3, -0.25) is 4.79 Å². The highest BCUT2D eigenvalue weighted by Gasteiger charge is 2.24. The molecule has 2 rings (SSSR count). The van der Waals surface area contributed by atoms with Gasteiger partial charge in [0.15, 0.2) is 0 Å². The normalized spacial score (nSPS) is 12.8. The maximum absolute atomic E-state index is 12.7. The summed E-state index contributed by atoms with van der Waals surface area (Å²) in [4.78, 5) is 13.6. The zero-order chi connectivity index (χ0) is 21.1. The van der Waals surface area contributed by atoms with Gasteiger partial charge in [-0.25, -0.2) is 8.42 Å². The van der Waals surface area contributed by atoms with Crippen LogP contribution in [-0.2, 0) is 14.8 Å². The van der Waals surface area contributed by atoms with Gasteiger partial charge >= 0.3 is 0 Å². The molecule has 1 atom stereocenters. The van der Waals surface area contributed by atoms with Crippen molar-refractivity contribution in [2.24, 2.45) is 0 Å². The van der Waals surface area contributed by atoms with E-state index in [-0.39, 0.29) is 23.4 Å². The van der Waals surface area contributed by atoms with Crippen LogP contribution in [0.15, 0.2) is 46.2 Å². The van der Waals surface area contributed by atoms with Gasteiger partial charge < -0.3 is 5.32 Å². The lowest BCUT2D eigenvalue weighted by molar-refractivity contribution is -0.121. The van der Waals surface area contributed by atoms with Crippen LogP contribution < -0.4 is 5.32 Å². The molecule has 0 aliphatic carbocycles. The number of aryl methyl sites for hydroxylation is 3. The summed E-state index contributed by atoms with van der Waals surface area (Å²) in [6, 6.07) is 10.6. The Bertz CT molecular complexity index is 954. The maximum Gasteiger partial charge on any atom is 0.243 e. The zero-order valence-corrected chi connectivity index (χ0v) is 18.9. The van der Waals surface area contributed by atoms with Crippen molar-refractivity contribution in [3.63, 3.8) is 0 Å². The van der Waals surface area contributed by atoms with E-state index in [2.05, 4.69) is 24.4 Å². The topological polar surface area (TPSA) is 66.5 Å². The monoisotopic (exact) mass is 420 g/mol. The minimum absolute atomic E-state index is 0.179. The lowest BCUT2D eigenvalue weighted by atomic mass is 9.96. The van der Waals surface area contributed by atoms with Gasteiger partial charge in [-0.05, 0) is 80.5 Å². The van der Waals surface area contributed by atoms with Gasteiger partial charge in [0.2, 0.25) is 15.9 Å². The number of carbonyl (C=O) groups excluding carboxylic acids is 1. The second-order valence-corrected chi connectivity index (χ2v) is 9.94. The fourth-order valence-electron chi connectivity index (χ4n) is 3.03. The van der Waals surface area contributed by atoms with Crippen LogP contribution in [0.1, 0.15) is 35.2 Å². The van der Waals surface area contributed by atoms with Crippen LogP contribution in [0, 0.1) is 20.8 Å². The second kappa shape index (κ2) is 9.11. The Morgan fingerprint density at radius 3 is 2.21 bits per heavy atom. The van der Waals surface area contributed by atoms with Gasteiger partial charge in [0.05, 0.1) is 17.5 Å². The van der Waals surface area contributed by atoms with Gasteiger partial charge in [-0.2, -0.15) is 4.31 Å². The van der Waals surface area contributed by atoms with Crippen molar-refractivity contribution in [3.8, 4) is 0 Å². The third-order valence-electron chi connectivity index (χ3n) is 4.86. The van der Waals surface area contributed by atoms with Crippen LogP contribution in [0.2, 0.25) is 0 Å². The average Bonchev–Trinajstić information content (AvgIpc) is 2.64. The Hall–Kier alpha value is -1.83. The van der Waals surface area contributed by atoms with Crippen LogP contribution in [-0.4, -0.2) is 38.5 Å². The van der Waals surface area contributed by atoms with Gasteiger partial charge in [0.25, 0.3) is 0 Å². The molecule has 2 aromatic carbocycles. The number of hydrogen-bond acceptors (Lipinski definition) is 4. The van der Waals surface area contributed by atoms with E-state index >= 15 is 0 Å². The summed E-state index contributed by atoms with van der Waals surface area (Å²) < 4.78 is 26.5. The number of benzene rings is 2. The molecule has 0 bridgehead atoms. The van der Waals surface area contributed by atoms with Crippen molar-refractivity contribution < 1.29 is 13.2 Å². The van der Waals surface area contributed by atoms with E-state index in [1.165, 1.54) is 12.6 Å². The highest BCUT2D eigenvalue weighted by Crippen LogP contribution is 2.22. The molecule has 0 aliphatic heterocycles. The summed E-state index contributed by atoms with van der Waals surface area (Å²) in [5.74, 6) is -0.336. The molecule has 28 heavy (non-hydrogen) atoms. The van der Waals surface area contributed by atoms with Crippen LogP contribution in [0.3, 0.4) is 0 Å². The largest absolute Gasteiger partial charge is 0.348 e. The smallest absolute Gasteiger partial charge is 0.243 e. The van der Waals surface area contributed by atoms with Crippen LogP contribution in [0.4, 0.5) is 0 Å². The average molecular weight is 421 g/mol. The Labute approximate surface area is 172 Å². The first kappa shape index (κ1) is 22.5. The molecule has 152 valence electrons. The molecule has 5 nitrogen and oxygen atoms in total. The molecule has 2 aromatic rings. The number of nitrogens with one attached hydrogen (secondary N) is 1. The molecule has 0 radical (unpaired) electrons. The lowest BCUT2D eigenvalue weighted by Gasteiger charge is -2.21. The summed E-state index contributed by atoms with van der Waals surface area (Å²) >= 11 is 1.54. The highest BCUT2D eigenvalue weighted by atomic mass is 32.2. The summed E-state index contributed by atoms with van der Waals surface area (Å²) in [6.45, 7) is 7.78. The van der Waals surface area contributed by atoms with E-state index in [0.717, 1.165) is 25.9 Å².